The van der Waals surface area contributed by atoms with E-state index in [1.54, 1.807) is 14.2 Å². The lowest BCUT2D eigenvalue weighted by molar-refractivity contribution is 0.127. The van der Waals surface area contributed by atoms with Crippen molar-refractivity contribution in [2.75, 3.05) is 60.2 Å². The van der Waals surface area contributed by atoms with Gasteiger partial charge in [-0.05, 0) is 44.8 Å². The summed E-state index contributed by atoms with van der Waals surface area (Å²) in [5.74, 6) is 1.72. The third-order valence-corrected chi connectivity index (χ3v) is 6.22. The number of hydrogen-bond donors (Lipinski definition) is 3. The molecule has 2 unspecified atom stereocenters. The van der Waals surface area contributed by atoms with Crippen LogP contribution in [0.5, 0.6) is 5.75 Å². The van der Waals surface area contributed by atoms with E-state index in [-0.39, 0.29) is 18.1 Å². The highest BCUT2D eigenvalue weighted by atomic mass is 16.5. The first-order valence-electron chi connectivity index (χ1n) is 10.7. The molecule has 0 spiro atoms. The maximum atomic E-state index is 9.44. The molecule has 2 atom stereocenters. The smallest absolute Gasteiger partial charge is 0.191 e. The second-order valence-electron chi connectivity index (χ2n) is 8.08. The van der Waals surface area contributed by atoms with Crippen LogP contribution in [0.25, 0.3) is 0 Å². The first kappa shape index (κ1) is 21.9. The Hall–Kier alpha value is -1.83. The van der Waals surface area contributed by atoms with Crippen LogP contribution in [-0.2, 0) is 4.74 Å². The lowest BCUT2D eigenvalue weighted by atomic mass is 9.84. The summed E-state index contributed by atoms with van der Waals surface area (Å²) in [5.41, 5.74) is 1.20. The number of nitrogens with zero attached hydrogens (tertiary/aromatic N) is 2. The Kier molecular flexibility index (Phi) is 8.15. The lowest BCUT2D eigenvalue weighted by Crippen LogP contribution is -2.46. The Labute approximate surface area is 174 Å². The van der Waals surface area contributed by atoms with E-state index in [4.69, 9.17) is 9.47 Å². The molecule has 2 aliphatic rings. The van der Waals surface area contributed by atoms with E-state index >= 15 is 0 Å². The zero-order chi connectivity index (χ0) is 20.5. The van der Waals surface area contributed by atoms with Gasteiger partial charge in [0.1, 0.15) is 5.75 Å². The van der Waals surface area contributed by atoms with Gasteiger partial charge < -0.3 is 25.2 Å². The molecule has 7 nitrogen and oxygen atoms in total. The molecule has 2 fully saturated rings. The van der Waals surface area contributed by atoms with Crippen molar-refractivity contribution in [3.05, 3.63) is 29.8 Å². The number of nitrogens with one attached hydrogen (secondary N) is 2. The summed E-state index contributed by atoms with van der Waals surface area (Å²) >= 11 is 0. The van der Waals surface area contributed by atoms with E-state index in [0.29, 0.717) is 6.61 Å². The van der Waals surface area contributed by atoms with Crippen molar-refractivity contribution in [3.8, 4) is 5.75 Å². The predicted octanol–water partition coefficient (Wildman–Crippen LogP) is 1.79. The van der Waals surface area contributed by atoms with Crippen molar-refractivity contribution >= 4 is 5.96 Å². The van der Waals surface area contributed by atoms with Crippen LogP contribution in [0.15, 0.2) is 29.3 Å². The van der Waals surface area contributed by atoms with Gasteiger partial charge in [-0.2, -0.15) is 0 Å². The highest BCUT2D eigenvalue weighted by Gasteiger charge is 2.34. The number of likely N-dealkylation sites (tertiary alicyclic amines) is 1. The molecule has 1 aromatic rings. The SMILES string of the molecule is CN=C(NCC(c1ccccc1OC)N1CCCC1)NCC1(CCO)CCOC1. The van der Waals surface area contributed by atoms with Crippen LogP contribution in [0, 0.1) is 5.41 Å². The largest absolute Gasteiger partial charge is 0.496 e. The summed E-state index contributed by atoms with van der Waals surface area (Å²) in [6, 6.07) is 8.51. The van der Waals surface area contributed by atoms with Crippen LogP contribution >= 0.6 is 0 Å². The number of aliphatic imine (C=N–C) groups is 1. The van der Waals surface area contributed by atoms with Crippen molar-refractivity contribution in [1.29, 1.82) is 0 Å². The fourth-order valence-corrected chi connectivity index (χ4v) is 4.43. The number of para-hydroxylation sites is 1. The van der Waals surface area contributed by atoms with Gasteiger partial charge >= 0.3 is 0 Å². The second kappa shape index (κ2) is 10.8. The molecule has 0 bridgehead atoms. The Balaban J connectivity index is 1.64. The quantitative estimate of drug-likeness (QED) is 0.430. The van der Waals surface area contributed by atoms with Gasteiger partial charge in [-0.3, -0.25) is 9.89 Å². The van der Waals surface area contributed by atoms with E-state index in [0.717, 1.165) is 57.3 Å². The number of hydrogen-bond acceptors (Lipinski definition) is 5. The summed E-state index contributed by atoms with van der Waals surface area (Å²) in [4.78, 5) is 6.94. The molecule has 0 amide bonds. The van der Waals surface area contributed by atoms with Gasteiger partial charge in [-0.1, -0.05) is 18.2 Å². The Morgan fingerprint density at radius 2 is 2.10 bits per heavy atom. The normalized spacial score (nSPS) is 23.9. The predicted molar refractivity (Wildman–Crippen MR) is 115 cm³/mol. The number of methoxy groups -OCH3 is 1. The monoisotopic (exact) mass is 404 g/mol. The summed E-state index contributed by atoms with van der Waals surface area (Å²) in [7, 11) is 3.53. The average Bonchev–Trinajstić information content (AvgIpc) is 3.44. The minimum absolute atomic E-state index is 0.0105. The van der Waals surface area contributed by atoms with Crippen molar-refractivity contribution in [2.24, 2.45) is 10.4 Å². The van der Waals surface area contributed by atoms with Gasteiger partial charge in [0.2, 0.25) is 0 Å². The Morgan fingerprint density at radius 3 is 2.76 bits per heavy atom. The van der Waals surface area contributed by atoms with Crippen molar-refractivity contribution < 1.29 is 14.6 Å². The van der Waals surface area contributed by atoms with E-state index in [1.165, 1.54) is 18.4 Å². The molecule has 1 aromatic carbocycles. The van der Waals surface area contributed by atoms with Crippen molar-refractivity contribution in [2.45, 2.75) is 31.7 Å². The molecule has 0 radical (unpaired) electrons. The molecule has 0 aromatic heterocycles. The number of aliphatic hydroxyl groups is 1. The molecule has 2 aliphatic heterocycles. The summed E-state index contributed by atoms with van der Waals surface area (Å²) in [6.45, 7) is 5.34. The van der Waals surface area contributed by atoms with Crippen LogP contribution < -0.4 is 15.4 Å². The first-order chi connectivity index (χ1) is 14.2. The molecule has 7 heteroatoms. The van der Waals surface area contributed by atoms with Crippen molar-refractivity contribution in [3.63, 3.8) is 0 Å². The molecule has 0 saturated carbocycles. The number of aliphatic hydroxyl groups excluding tert-OH is 1. The lowest BCUT2D eigenvalue weighted by Gasteiger charge is -2.31. The van der Waals surface area contributed by atoms with Crippen LogP contribution in [0.4, 0.5) is 0 Å². The fourth-order valence-electron chi connectivity index (χ4n) is 4.43. The molecule has 162 valence electrons. The molecular weight excluding hydrogens is 368 g/mol. The maximum Gasteiger partial charge on any atom is 0.191 e. The first-order valence-corrected chi connectivity index (χ1v) is 10.7. The van der Waals surface area contributed by atoms with Gasteiger partial charge in [0.25, 0.3) is 0 Å². The molecule has 2 saturated heterocycles. The minimum atomic E-state index is -0.0105. The third kappa shape index (κ3) is 5.62. The topological polar surface area (TPSA) is 78.4 Å². The van der Waals surface area contributed by atoms with Gasteiger partial charge in [-0.15, -0.1) is 0 Å². The number of ether oxygens (including phenoxy) is 2. The summed E-state index contributed by atoms with van der Waals surface area (Å²) < 4.78 is 11.2. The van der Waals surface area contributed by atoms with Gasteiger partial charge in [-0.25, -0.2) is 0 Å². The highest BCUT2D eigenvalue weighted by molar-refractivity contribution is 5.79. The number of guanidine groups is 1. The van der Waals surface area contributed by atoms with Crippen LogP contribution in [0.1, 0.15) is 37.3 Å². The van der Waals surface area contributed by atoms with Crippen LogP contribution in [-0.4, -0.2) is 76.1 Å². The van der Waals surface area contributed by atoms with Crippen molar-refractivity contribution in [1.82, 2.24) is 15.5 Å². The second-order valence-corrected chi connectivity index (χ2v) is 8.08. The maximum absolute atomic E-state index is 9.44. The third-order valence-electron chi connectivity index (χ3n) is 6.22. The minimum Gasteiger partial charge on any atom is -0.496 e. The Morgan fingerprint density at radius 1 is 1.31 bits per heavy atom. The van der Waals surface area contributed by atoms with Gasteiger partial charge in [0, 0.05) is 44.3 Å². The fraction of sp³-hybridized carbons (Fsp3) is 0.682. The molecule has 29 heavy (non-hydrogen) atoms. The average molecular weight is 405 g/mol. The molecular formula is C22H36N4O3. The number of benzene rings is 1. The molecule has 2 heterocycles. The van der Waals surface area contributed by atoms with Gasteiger partial charge in [0.05, 0.1) is 19.8 Å². The standard InChI is InChI=1S/C22H36N4O3/c1-23-21(25-16-22(9-13-27)10-14-29-17-22)24-15-19(26-11-5-6-12-26)18-7-3-4-8-20(18)28-2/h3-4,7-8,19,27H,5-6,9-17H2,1-2H3,(H2,23,24,25). The zero-order valence-corrected chi connectivity index (χ0v) is 17.8. The van der Waals surface area contributed by atoms with Crippen LogP contribution in [0.3, 0.4) is 0 Å². The van der Waals surface area contributed by atoms with Crippen LogP contribution in [0.2, 0.25) is 0 Å². The van der Waals surface area contributed by atoms with E-state index in [9.17, 15) is 5.11 Å². The molecule has 0 aliphatic carbocycles. The van der Waals surface area contributed by atoms with Gasteiger partial charge in [0.15, 0.2) is 5.96 Å². The summed E-state index contributed by atoms with van der Waals surface area (Å²) in [5, 5.41) is 16.4. The van der Waals surface area contributed by atoms with E-state index in [1.807, 2.05) is 12.1 Å². The van der Waals surface area contributed by atoms with E-state index in [2.05, 4.69) is 32.7 Å². The molecule has 3 rings (SSSR count). The number of rotatable bonds is 9. The Bertz CT molecular complexity index is 655. The van der Waals surface area contributed by atoms with E-state index < -0.39 is 0 Å². The zero-order valence-electron chi connectivity index (χ0n) is 17.8. The summed E-state index contributed by atoms with van der Waals surface area (Å²) in [6.07, 6.45) is 4.19. The molecule has 3 N–H and O–H groups in total. The highest BCUT2D eigenvalue weighted by Crippen LogP contribution is 2.32.